The summed E-state index contributed by atoms with van der Waals surface area (Å²) >= 11 is 14.3. The molecule has 5 nitrogen and oxygen atoms in total. The van der Waals surface area contributed by atoms with E-state index in [1.165, 1.54) is 10.4 Å². The van der Waals surface area contributed by atoms with Gasteiger partial charge in [0.25, 0.3) is 0 Å². The third-order valence-corrected chi connectivity index (χ3v) is 8.64. The fourth-order valence-corrected chi connectivity index (χ4v) is 6.67. The van der Waals surface area contributed by atoms with E-state index in [2.05, 4.69) is 31.4 Å². The fraction of sp³-hybridized carbons (Fsp3) is 0.571. The summed E-state index contributed by atoms with van der Waals surface area (Å²) < 4.78 is 0. The molecule has 1 heterocycles. The topological polar surface area (TPSA) is 61.4 Å². The van der Waals surface area contributed by atoms with Crippen molar-refractivity contribution in [2.24, 2.45) is 11.3 Å². The molecule has 2 amide bonds. The SMILES string of the molecule is CCC(CC)C(=O)Nc1sc2c(c1NC)CCC(N(Cc1ccc(Cl)cc1Cl)C(=O)CC(C)(C)C)C2. The van der Waals surface area contributed by atoms with Crippen molar-refractivity contribution >= 4 is 57.0 Å². The largest absolute Gasteiger partial charge is 0.385 e. The molecule has 198 valence electrons. The van der Waals surface area contributed by atoms with Gasteiger partial charge in [-0.2, -0.15) is 0 Å². The molecule has 1 atom stereocenters. The number of anilines is 2. The van der Waals surface area contributed by atoms with E-state index >= 15 is 0 Å². The first-order valence-electron chi connectivity index (χ1n) is 12.8. The highest BCUT2D eigenvalue weighted by atomic mass is 35.5. The predicted octanol–water partition coefficient (Wildman–Crippen LogP) is 7.79. The number of halogens is 2. The first-order valence-corrected chi connectivity index (χ1v) is 14.4. The number of hydrogen-bond donors (Lipinski definition) is 2. The highest BCUT2D eigenvalue weighted by Gasteiger charge is 2.33. The lowest BCUT2D eigenvalue weighted by molar-refractivity contribution is -0.136. The summed E-state index contributed by atoms with van der Waals surface area (Å²) in [6.07, 6.45) is 4.58. The van der Waals surface area contributed by atoms with E-state index in [-0.39, 0.29) is 29.2 Å². The van der Waals surface area contributed by atoms with Gasteiger partial charge in [0.15, 0.2) is 0 Å². The Hall–Kier alpha value is -1.76. The van der Waals surface area contributed by atoms with Crippen LogP contribution in [0.15, 0.2) is 18.2 Å². The molecule has 1 aliphatic carbocycles. The summed E-state index contributed by atoms with van der Waals surface area (Å²) in [5, 5.41) is 8.54. The van der Waals surface area contributed by atoms with Crippen molar-refractivity contribution in [3.63, 3.8) is 0 Å². The number of fused-ring (bicyclic) bond motifs is 1. The average Bonchev–Trinajstić information content (AvgIpc) is 3.14. The lowest BCUT2D eigenvalue weighted by Crippen LogP contribution is -2.44. The summed E-state index contributed by atoms with van der Waals surface area (Å²) in [6, 6.07) is 5.52. The van der Waals surface area contributed by atoms with Gasteiger partial charge in [0.2, 0.25) is 11.8 Å². The zero-order chi connectivity index (χ0) is 26.6. The summed E-state index contributed by atoms with van der Waals surface area (Å²) in [5.41, 5.74) is 3.05. The Kier molecular flexibility index (Phi) is 9.75. The maximum Gasteiger partial charge on any atom is 0.228 e. The molecule has 1 aromatic carbocycles. The number of rotatable bonds is 9. The lowest BCUT2D eigenvalue weighted by Gasteiger charge is -2.36. The van der Waals surface area contributed by atoms with Gasteiger partial charge < -0.3 is 15.5 Å². The van der Waals surface area contributed by atoms with Crippen LogP contribution in [0.2, 0.25) is 10.0 Å². The van der Waals surface area contributed by atoms with Crippen molar-refractivity contribution in [1.82, 2.24) is 4.90 Å². The Morgan fingerprint density at radius 3 is 2.47 bits per heavy atom. The number of nitrogens with one attached hydrogen (secondary N) is 2. The molecular formula is C28H39Cl2N3O2S. The fourth-order valence-electron chi connectivity index (χ4n) is 4.87. The summed E-state index contributed by atoms with van der Waals surface area (Å²) in [6.45, 7) is 10.8. The third-order valence-electron chi connectivity index (χ3n) is 6.88. The van der Waals surface area contributed by atoms with E-state index in [1.54, 1.807) is 17.4 Å². The average molecular weight is 553 g/mol. The zero-order valence-corrected chi connectivity index (χ0v) is 24.6. The molecule has 2 N–H and O–H groups in total. The van der Waals surface area contributed by atoms with Gasteiger partial charge >= 0.3 is 0 Å². The number of nitrogens with zero attached hydrogens (tertiary/aromatic N) is 1. The third kappa shape index (κ3) is 6.96. The van der Waals surface area contributed by atoms with E-state index < -0.39 is 0 Å². The van der Waals surface area contributed by atoms with Gasteiger partial charge in [0.05, 0.1) is 5.69 Å². The van der Waals surface area contributed by atoms with E-state index in [1.807, 2.05) is 37.9 Å². The normalized spacial score (nSPS) is 15.5. The molecular weight excluding hydrogens is 513 g/mol. The smallest absolute Gasteiger partial charge is 0.228 e. The van der Waals surface area contributed by atoms with Crippen molar-refractivity contribution in [3.05, 3.63) is 44.2 Å². The van der Waals surface area contributed by atoms with E-state index in [0.717, 1.165) is 48.4 Å². The van der Waals surface area contributed by atoms with Crippen LogP contribution in [0.5, 0.6) is 0 Å². The highest BCUT2D eigenvalue weighted by molar-refractivity contribution is 7.17. The van der Waals surface area contributed by atoms with Gasteiger partial charge in [-0.3, -0.25) is 9.59 Å². The number of amides is 2. The maximum absolute atomic E-state index is 13.6. The van der Waals surface area contributed by atoms with Crippen LogP contribution in [0.1, 0.15) is 76.3 Å². The quantitative estimate of drug-likeness (QED) is 0.334. The van der Waals surface area contributed by atoms with Crippen LogP contribution in [-0.4, -0.2) is 29.8 Å². The standard InChI is InChI=1S/C28H39Cl2N3O2S/c1-7-17(8-2)26(35)32-27-25(31-6)21-12-11-20(14-23(21)36-27)33(24(34)15-28(3,4)5)16-18-9-10-19(29)13-22(18)30/h9-10,13,17,20,31H,7-8,11-12,14-16H2,1-6H3,(H,32,35). The molecule has 0 saturated carbocycles. The van der Waals surface area contributed by atoms with Crippen LogP contribution in [0.4, 0.5) is 10.7 Å². The highest BCUT2D eigenvalue weighted by Crippen LogP contribution is 2.43. The first kappa shape index (κ1) is 28.8. The van der Waals surface area contributed by atoms with Crippen LogP contribution in [0.25, 0.3) is 0 Å². The van der Waals surface area contributed by atoms with Crippen molar-refractivity contribution in [2.75, 3.05) is 17.7 Å². The minimum absolute atomic E-state index is 0.0104. The van der Waals surface area contributed by atoms with Crippen LogP contribution in [0.3, 0.4) is 0 Å². The molecule has 0 fully saturated rings. The number of thiophene rings is 1. The van der Waals surface area contributed by atoms with Gasteiger partial charge in [-0.15, -0.1) is 11.3 Å². The minimum atomic E-state index is -0.117. The van der Waals surface area contributed by atoms with E-state index in [0.29, 0.717) is 23.0 Å². The molecule has 3 rings (SSSR count). The van der Waals surface area contributed by atoms with Gasteiger partial charge in [0.1, 0.15) is 5.00 Å². The molecule has 1 aromatic heterocycles. The second kappa shape index (κ2) is 12.2. The van der Waals surface area contributed by atoms with Gasteiger partial charge in [0, 0.05) is 53.3 Å². The van der Waals surface area contributed by atoms with Gasteiger partial charge in [-0.25, -0.2) is 0 Å². The second-order valence-electron chi connectivity index (χ2n) is 10.9. The molecule has 0 spiro atoms. The van der Waals surface area contributed by atoms with E-state index in [9.17, 15) is 9.59 Å². The van der Waals surface area contributed by atoms with Crippen LogP contribution >= 0.6 is 34.5 Å². The summed E-state index contributed by atoms with van der Waals surface area (Å²) in [7, 11) is 1.91. The molecule has 36 heavy (non-hydrogen) atoms. The van der Waals surface area contributed by atoms with Crippen LogP contribution < -0.4 is 10.6 Å². The maximum atomic E-state index is 13.6. The van der Waals surface area contributed by atoms with Gasteiger partial charge in [-0.1, -0.05) is 63.9 Å². The van der Waals surface area contributed by atoms with Crippen molar-refractivity contribution in [3.8, 4) is 0 Å². The van der Waals surface area contributed by atoms with Crippen LogP contribution in [0, 0.1) is 11.3 Å². The monoisotopic (exact) mass is 551 g/mol. The number of carbonyl (C=O) groups is 2. The predicted molar refractivity (Wildman–Crippen MR) is 153 cm³/mol. The van der Waals surface area contributed by atoms with Crippen molar-refractivity contribution in [1.29, 1.82) is 0 Å². The zero-order valence-electron chi connectivity index (χ0n) is 22.3. The first-order chi connectivity index (χ1) is 17.0. The van der Waals surface area contributed by atoms with E-state index in [4.69, 9.17) is 23.2 Å². The Labute approximate surface area is 229 Å². The second-order valence-corrected chi connectivity index (χ2v) is 12.8. The summed E-state index contributed by atoms with van der Waals surface area (Å²) in [4.78, 5) is 29.6. The Balaban J connectivity index is 1.89. The molecule has 1 aliphatic rings. The Morgan fingerprint density at radius 1 is 1.19 bits per heavy atom. The van der Waals surface area contributed by atoms with Crippen LogP contribution in [-0.2, 0) is 29.0 Å². The van der Waals surface area contributed by atoms with Crippen molar-refractivity contribution < 1.29 is 9.59 Å². The van der Waals surface area contributed by atoms with Gasteiger partial charge in [-0.05, 0) is 54.4 Å². The number of benzene rings is 1. The molecule has 2 aromatic rings. The van der Waals surface area contributed by atoms with Crippen molar-refractivity contribution in [2.45, 2.75) is 85.7 Å². The molecule has 8 heteroatoms. The Bertz CT molecular complexity index is 1090. The summed E-state index contributed by atoms with van der Waals surface area (Å²) in [5.74, 6) is 0.219. The number of carbonyl (C=O) groups excluding carboxylic acids is 2. The molecule has 1 unspecified atom stereocenters. The number of hydrogen-bond acceptors (Lipinski definition) is 4. The molecule has 0 saturated heterocycles. The Morgan fingerprint density at radius 2 is 1.89 bits per heavy atom. The molecule has 0 radical (unpaired) electrons. The molecule has 0 aliphatic heterocycles. The minimum Gasteiger partial charge on any atom is -0.385 e. The lowest BCUT2D eigenvalue weighted by atomic mass is 9.88. The molecule has 0 bridgehead atoms.